The van der Waals surface area contributed by atoms with E-state index in [9.17, 15) is 0 Å². The molecule has 2 N–H and O–H groups in total. The lowest BCUT2D eigenvalue weighted by Gasteiger charge is -2.13. The van der Waals surface area contributed by atoms with Crippen LogP contribution in [-0.4, -0.2) is 20.8 Å². The Labute approximate surface area is 114 Å². The van der Waals surface area contributed by atoms with E-state index >= 15 is 0 Å². The van der Waals surface area contributed by atoms with Gasteiger partial charge in [0.2, 0.25) is 0 Å². The lowest BCUT2D eigenvalue weighted by molar-refractivity contribution is 0.567. The fourth-order valence-electron chi connectivity index (χ4n) is 2.51. The van der Waals surface area contributed by atoms with Gasteiger partial charge >= 0.3 is 0 Å². The van der Waals surface area contributed by atoms with Gasteiger partial charge < -0.3 is 5.73 Å². The van der Waals surface area contributed by atoms with Crippen LogP contribution in [0.2, 0.25) is 0 Å². The van der Waals surface area contributed by atoms with Crippen LogP contribution in [-0.2, 0) is 19.4 Å². The monoisotopic (exact) mass is 258 g/mol. The summed E-state index contributed by atoms with van der Waals surface area (Å²) in [6.07, 6.45) is 3.24. The molecule has 0 radical (unpaired) electrons. The second kappa shape index (κ2) is 5.97. The summed E-state index contributed by atoms with van der Waals surface area (Å²) in [6.45, 7) is 7.14. The average molecular weight is 258 g/mol. The molecule has 1 aromatic heterocycles. The third-order valence-corrected chi connectivity index (χ3v) is 3.22. The Hall–Kier alpha value is -1.68. The highest BCUT2D eigenvalue weighted by Gasteiger charge is 2.10. The summed E-state index contributed by atoms with van der Waals surface area (Å²) >= 11 is 0. The summed E-state index contributed by atoms with van der Waals surface area (Å²) in [6, 6.07) is 6.67. The first kappa shape index (κ1) is 13.7. The molecule has 0 aliphatic carbocycles. The molecule has 1 aromatic carbocycles. The van der Waals surface area contributed by atoms with Crippen LogP contribution in [0, 0.1) is 13.8 Å². The minimum atomic E-state index is 0.0794. The highest BCUT2D eigenvalue weighted by molar-refractivity contribution is 5.29. The topological polar surface area (TPSA) is 56.7 Å². The first-order valence-corrected chi connectivity index (χ1v) is 6.78. The summed E-state index contributed by atoms with van der Waals surface area (Å²) in [5.41, 5.74) is 10.1. The fourth-order valence-corrected chi connectivity index (χ4v) is 2.51. The smallest absolute Gasteiger partial charge is 0.138 e. The van der Waals surface area contributed by atoms with Crippen molar-refractivity contribution < 1.29 is 0 Å². The average Bonchev–Trinajstić information content (AvgIpc) is 2.74. The minimum Gasteiger partial charge on any atom is -0.327 e. The van der Waals surface area contributed by atoms with Gasteiger partial charge in [-0.05, 0) is 32.8 Å². The van der Waals surface area contributed by atoms with E-state index in [1.165, 1.54) is 16.7 Å². The van der Waals surface area contributed by atoms with Crippen LogP contribution in [0.1, 0.15) is 29.4 Å². The van der Waals surface area contributed by atoms with Crippen molar-refractivity contribution in [2.24, 2.45) is 5.73 Å². The highest BCUT2D eigenvalue weighted by Crippen LogP contribution is 2.12. The Kier molecular flexibility index (Phi) is 4.32. The standard InChI is InChI=1S/C15H22N4/c1-4-19-15(17-10-18-19)9-14(16)8-13-6-11(2)5-12(3)7-13/h5-7,10,14H,4,8-9,16H2,1-3H3. The molecule has 0 aliphatic rings. The first-order chi connectivity index (χ1) is 9.08. The molecule has 1 unspecified atom stereocenters. The summed E-state index contributed by atoms with van der Waals surface area (Å²) in [4.78, 5) is 4.28. The van der Waals surface area contributed by atoms with Gasteiger partial charge in [0.05, 0.1) is 0 Å². The number of aromatic nitrogens is 3. The predicted octanol–water partition coefficient (Wildman–Crippen LogP) is 2.03. The molecule has 2 aromatic rings. The van der Waals surface area contributed by atoms with E-state index in [0.717, 1.165) is 25.2 Å². The third kappa shape index (κ3) is 3.64. The molecule has 4 heteroatoms. The molecule has 2 rings (SSSR count). The van der Waals surface area contributed by atoms with Crippen molar-refractivity contribution in [3.63, 3.8) is 0 Å². The van der Waals surface area contributed by atoms with E-state index in [1.807, 2.05) is 4.68 Å². The van der Waals surface area contributed by atoms with Crippen molar-refractivity contribution in [2.45, 2.75) is 46.2 Å². The van der Waals surface area contributed by atoms with E-state index in [2.05, 4.69) is 49.1 Å². The number of benzene rings is 1. The molecule has 0 bridgehead atoms. The molecular weight excluding hydrogens is 236 g/mol. The summed E-state index contributed by atoms with van der Waals surface area (Å²) in [7, 11) is 0. The molecule has 0 spiro atoms. The van der Waals surface area contributed by atoms with Crippen molar-refractivity contribution in [3.8, 4) is 0 Å². The lowest BCUT2D eigenvalue weighted by Crippen LogP contribution is -2.27. The summed E-state index contributed by atoms with van der Waals surface area (Å²) in [5.74, 6) is 0.972. The van der Waals surface area contributed by atoms with E-state index < -0.39 is 0 Å². The van der Waals surface area contributed by atoms with Gasteiger partial charge in [-0.1, -0.05) is 29.3 Å². The molecule has 1 atom stereocenters. The van der Waals surface area contributed by atoms with Crippen LogP contribution in [0.4, 0.5) is 0 Å². The van der Waals surface area contributed by atoms with Gasteiger partial charge in [0.15, 0.2) is 0 Å². The Morgan fingerprint density at radius 3 is 2.47 bits per heavy atom. The maximum atomic E-state index is 6.24. The van der Waals surface area contributed by atoms with Gasteiger partial charge in [-0.2, -0.15) is 5.10 Å². The number of rotatable bonds is 5. The molecule has 102 valence electrons. The highest BCUT2D eigenvalue weighted by atomic mass is 15.3. The SMILES string of the molecule is CCn1ncnc1CC(N)Cc1cc(C)cc(C)c1. The van der Waals surface area contributed by atoms with Gasteiger partial charge in [0, 0.05) is 19.0 Å². The number of hydrogen-bond acceptors (Lipinski definition) is 3. The van der Waals surface area contributed by atoms with Crippen LogP contribution in [0.15, 0.2) is 24.5 Å². The molecule has 4 nitrogen and oxygen atoms in total. The number of hydrogen-bond donors (Lipinski definition) is 1. The van der Waals surface area contributed by atoms with E-state index in [4.69, 9.17) is 5.73 Å². The Morgan fingerprint density at radius 1 is 1.16 bits per heavy atom. The van der Waals surface area contributed by atoms with Crippen LogP contribution in [0.5, 0.6) is 0 Å². The maximum absolute atomic E-state index is 6.24. The third-order valence-electron chi connectivity index (χ3n) is 3.22. The van der Waals surface area contributed by atoms with Crippen molar-refractivity contribution in [2.75, 3.05) is 0 Å². The molecule has 0 saturated heterocycles. The molecule has 1 heterocycles. The molecular formula is C15H22N4. The van der Waals surface area contributed by atoms with Gasteiger partial charge in [-0.25, -0.2) is 4.98 Å². The number of nitrogens with zero attached hydrogens (tertiary/aromatic N) is 3. The summed E-state index contributed by atoms with van der Waals surface area (Å²) in [5, 5.41) is 4.17. The van der Waals surface area contributed by atoms with Crippen molar-refractivity contribution >= 4 is 0 Å². The zero-order valence-corrected chi connectivity index (χ0v) is 11.9. The molecule has 0 fully saturated rings. The Bertz CT molecular complexity index is 525. The fraction of sp³-hybridized carbons (Fsp3) is 0.467. The van der Waals surface area contributed by atoms with Crippen LogP contribution >= 0.6 is 0 Å². The minimum absolute atomic E-state index is 0.0794. The molecule has 0 aliphatic heterocycles. The largest absolute Gasteiger partial charge is 0.327 e. The predicted molar refractivity (Wildman–Crippen MR) is 77.0 cm³/mol. The van der Waals surface area contributed by atoms with E-state index in [0.29, 0.717) is 0 Å². The first-order valence-electron chi connectivity index (χ1n) is 6.78. The van der Waals surface area contributed by atoms with Gasteiger partial charge in [0.1, 0.15) is 12.2 Å². The zero-order valence-electron chi connectivity index (χ0n) is 11.9. The van der Waals surface area contributed by atoms with Crippen molar-refractivity contribution in [1.29, 1.82) is 0 Å². The number of aryl methyl sites for hydroxylation is 3. The maximum Gasteiger partial charge on any atom is 0.138 e. The van der Waals surface area contributed by atoms with E-state index in [-0.39, 0.29) is 6.04 Å². The Balaban J connectivity index is 2.03. The van der Waals surface area contributed by atoms with Gasteiger partial charge in [0.25, 0.3) is 0 Å². The van der Waals surface area contributed by atoms with E-state index in [1.54, 1.807) is 6.33 Å². The van der Waals surface area contributed by atoms with Crippen molar-refractivity contribution in [1.82, 2.24) is 14.8 Å². The number of nitrogens with two attached hydrogens (primary N) is 1. The normalized spacial score (nSPS) is 12.6. The second-order valence-electron chi connectivity index (χ2n) is 5.16. The quantitative estimate of drug-likeness (QED) is 0.892. The van der Waals surface area contributed by atoms with Gasteiger partial charge in [-0.15, -0.1) is 0 Å². The molecule has 0 saturated carbocycles. The van der Waals surface area contributed by atoms with Crippen LogP contribution in [0.25, 0.3) is 0 Å². The Morgan fingerprint density at radius 2 is 1.84 bits per heavy atom. The van der Waals surface area contributed by atoms with Crippen molar-refractivity contribution in [3.05, 3.63) is 47.0 Å². The molecule has 19 heavy (non-hydrogen) atoms. The zero-order chi connectivity index (χ0) is 13.8. The molecule has 0 amide bonds. The summed E-state index contributed by atoms with van der Waals surface area (Å²) < 4.78 is 1.90. The van der Waals surface area contributed by atoms with Crippen LogP contribution in [0.3, 0.4) is 0 Å². The van der Waals surface area contributed by atoms with Crippen LogP contribution < -0.4 is 5.73 Å². The second-order valence-corrected chi connectivity index (χ2v) is 5.16. The van der Waals surface area contributed by atoms with Gasteiger partial charge in [-0.3, -0.25) is 4.68 Å². The lowest BCUT2D eigenvalue weighted by atomic mass is 10.00.